The SMILES string of the molecule is O=C1CCC(Nc2nccc(Oc3ccc(F)cc3)n2)CCN1. The Hall–Kier alpha value is -2.70. The lowest BCUT2D eigenvalue weighted by molar-refractivity contribution is -0.120. The highest BCUT2D eigenvalue weighted by molar-refractivity contribution is 5.76. The molecule has 0 bridgehead atoms. The fourth-order valence-corrected chi connectivity index (χ4v) is 2.34. The molecule has 2 heterocycles. The highest BCUT2D eigenvalue weighted by Gasteiger charge is 2.16. The average molecular weight is 316 g/mol. The first-order valence-corrected chi connectivity index (χ1v) is 7.49. The van der Waals surface area contributed by atoms with E-state index in [2.05, 4.69) is 20.6 Å². The molecule has 3 rings (SSSR count). The zero-order valence-corrected chi connectivity index (χ0v) is 12.5. The third-order valence-corrected chi connectivity index (χ3v) is 3.53. The molecule has 0 spiro atoms. The lowest BCUT2D eigenvalue weighted by atomic mass is 10.1. The maximum Gasteiger partial charge on any atom is 0.226 e. The number of rotatable bonds is 4. The molecule has 1 aliphatic rings. The molecule has 7 heteroatoms. The first-order chi connectivity index (χ1) is 11.2. The van der Waals surface area contributed by atoms with Crippen LogP contribution in [0.2, 0.25) is 0 Å². The Bertz CT molecular complexity index is 678. The van der Waals surface area contributed by atoms with Gasteiger partial charge in [-0.15, -0.1) is 0 Å². The van der Waals surface area contributed by atoms with Gasteiger partial charge in [-0.3, -0.25) is 4.79 Å². The molecule has 1 fully saturated rings. The Morgan fingerprint density at radius 2 is 2.04 bits per heavy atom. The van der Waals surface area contributed by atoms with Gasteiger partial charge in [-0.25, -0.2) is 9.37 Å². The number of anilines is 1. The summed E-state index contributed by atoms with van der Waals surface area (Å²) < 4.78 is 18.5. The van der Waals surface area contributed by atoms with Crippen LogP contribution in [0.5, 0.6) is 11.6 Å². The van der Waals surface area contributed by atoms with Gasteiger partial charge in [0, 0.05) is 31.3 Å². The van der Waals surface area contributed by atoms with Gasteiger partial charge >= 0.3 is 0 Å². The van der Waals surface area contributed by atoms with Crippen molar-refractivity contribution in [1.82, 2.24) is 15.3 Å². The number of benzene rings is 1. The molecule has 120 valence electrons. The molecule has 23 heavy (non-hydrogen) atoms. The summed E-state index contributed by atoms with van der Waals surface area (Å²) in [6, 6.07) is 7.48. The number of hydrogen-bond donors (Lipinski definition) is 2. The molecule has 2 N–H and O–H groups in total. The molecule has 0 aliphatic carbocycles. The van der Waals surface area contributed by atoms with Crippen LogP contribution in [0.4, 0.5) is 10.3 Å². The van der Waals surface area contributed by atoms with Crippen LogP contribution >= 0.6 is 0 Å². The molecule has 1 saturated heterocycles. The monoisotopic (exact) mass is 316 g/mol. The van der Waals surface area contributed by atoms with E-state index in [9.17, 15) is 9.18 Å². The minimum absolute atomic E-state index is 0.0728. The number of carbonyl (C=O) groups is 1. The van der Waals surface area contributed by atoms with Crippen molar-refractivity contribution >= 4 is 11.9 Å². The van der Waals surface area contributed by atoms with Crippen molar-refractivity contribution in [2.75, 3.05) is 11.9 Å². The predicted octanol–water partition coefficient (Wildman–Crippen LogP) is 2.49. The molecule has 0 radical (unpaired) electrons. The van der Waals surface area contributed by atoms with Gasteiger partial charge in [-0.2, -0.15) is 4.98 Å². The second kappa shape index (κ2) is 7.04. The number of ether oxygens (including phenoxy) is 1. The van der Waals surface area contributed by atoms with Crippen molar-refractivity contribution in [3.63, 3.8) is 0 Å². The summed E-state index contributed by atoms with van der Waals surface area (Å²) in [5.41, 5.74) is 0. The first kappa shape index (κ1) is 15.2. The largest absolute Gasteiger partial charge is 0.439 e. The zero-order chi connectivity index (χ0) is 16.1. The quantitative estimate of drug-likeness (QED) is 0.906. The Kier molecular flexibility index (Phi) is 4.65. The van der Waals surface area contributed by atoms with E-state index in [0.717, 1.165) is 12.8 Å². The maximum absolute atomic E-state index is 12.9. The minimum Gasteiger partial charge on any atom is -0.439 e. The topological polar surface area (TPSA) is 76.1 Å². The second-order valence-corrected chi connectivity index (χ2v) is 5.29. The number of hydrogen-bond acceptors (Lipinski definition) is 5. The molecule has 1 aromatic carbocycles. The maximum atomic E-state index is 12.9. The predicted molar refractivity (Wildman–Crippen MR) is 82.8 cm³/mol. The van der Waals surface area contributed by atoms with Crippen LogP contribution < -0.4 is 15.4 Å². The van der Waals surface area contributed by atoms with Gasteiger partial charge in [0.15, 0.2) is 0 Å². The molecule has 1 unspecified atom stereocenters. The fraction of sp³-hybridized carbons (Fsp3) is 0.312. The molecule has 6 nitrogen and oxygen atoms in total. The van der Waals surface area contributed by atoms with Gasteiger partial charge < -0.3 is 15.4 Å². The molecule has 1 aliphatic heterocycles. The highest BCUT2D eigenvalue weighted by Crippen LogP contribution is 2.20. The third-order valence-electron chi connectivity index (χ3n) is 3.53. The smallest absolute Gasteiger partial charge is 0.226 e. The zero-order valence-electron chi connectivity index (χ0n) is 12.5. The number of aromatic nitrogens is 2. The van der Waals surface area contributed by atoms with Crippen LogP contribution in [0, 0.1) is 5.82 Å². The van der Waals surface area contributed by atoms with E-state index in [0.29, 0.717) is 30.5 Å². The first-order valence-electron chi connectivity index (χ1n) is 7.49. The van der Waals surface area contributed by atoms with Crippen molar-refractivity contribution in [3.05, 3.63) is 42.3 Å². The lowest BCUT2D eigenvalue weighted by Gasteiger charge is -2.15. The van der Waals surface area contributed by atoms with Crippen molar-refractivity contribution in [1.29, 1.82) is 0 Å². The molecule has 1 atom stereocenters. The summed E-state index contributed by atoms with van der Waals surface area (Å²) in [7, 11) is 0. The molecule has 0 saturated carbocycles. The normalized spacial score (nSPS) is 18.0. The molecule has 2 aromatic rings. The summed E-state index contributed by atoms with van der Waals surface area (Å²) in [6.07, 6.45) is 3.63. The third kappa shape index (κ3) is 4.38. The highest BCUT2D eigenvalue weighted by atomic mass is 19.1. The summed E-state index contributed by atoms with van der Waals surface area (Å²) in [4.78, 5) is 19.8. The van der Waals surface area contributed by atoms with E-state index in [1.165, 1.54) is 24.3 Å². The van der Waals surface area contributed by atoms with E-state index in [4.69, 9.17) is 4.74 Å². The molecular formula is C16H17FN4O2. The van der Waals surface area contributed by atoms with Gasteiger partial charge in [0.05, 0.1) is 0 Å². The molecule has 1 aromatic heterocycles. The summed E-state index contributed by atoms with van der Waals surface area (Å²) in [5.74, 6) is 1.07. The van der Waals surface area contributed by atoms with Crippen molar-refractivity contribution in [2.45, 2.75) is 25.3 Å². The van der Waals surface area contributed by atoms with Crippen LogP contribution in [0.15, 0.2) is 36.5 Å². The number of amides is 1. The van der Waals surface area contributed by atoms with Crippen LogP contribution in [-0.2, 0) is 4.79 Å². The standard InChI is InChI=1S/C16H17FN4O2/c17-11-1-4-13(5-2-11)23-15-8-10-19-16(21-15)20-12-3-6-14(22)18-9-7-12/h1-2,4-5,8,10,12H,3,6-7,9H2,(H,18,22)(H,19,20,21). The molecule has 1 amide bonds. The molecular weight excluding hydrogens is 299 g/mol. The lowest BCUT2D eigenvalue weighted by Crippen LogP contribution is -2.23. The minimum atomic E-state index is -0.320. The summed E-state index contributed by atoms with van der Waals surface area (Å²) in [6.45, 7) is 0.641. The van der Waals surface area contributed by atoms with E-state index in [1.807, 2.05) is 0 Å². The van der Waals surface area contributed by atoms with Gasteiger partial charge in [0.2, 0.25) is 17.7 Å². The van der Waals surface area contributed by atoms with Crippen molar-refractivity contribution in [3.8, 4) is 11.6 Å². The van der Waals surface area contributed by atoms with Gasteiger partial charge in [-0.1, -0.05) is 0 Å². The Balaban J connectivity index is 1.64. The van der Waals surface area contributed by atoms with Crippen LogP contribution in [-0.4, -0.2) is 28.5 Å². The van der Waals surface area contributed by atoms with E-state index < -0.39 is 0 Å². The Morgan fingerprint density at radius 1 is 1.22 bits per heavy atom. The van der Waals surface area contributed by atoms with Gasteiger partial charge in [0.25, 0.3) is 0 Å². The number of nitrogens with zero attached hydrogens (tertiary/aromatic N) is 2. The summed E-state index contributed by atoms with van der Waals surface area (Å²) >= 11 is 0. The fourth-order valence-electron chi connectivity index (χ4n) is 2.34. The van der Waals surface area contributed by atoms with Crippen LogP contribution in [0.3, 0.4) is 0 Å². The van der Waals surface area contributed by atoms with E-state index in [-0.39, 0.29) is 17.8 Å². The summed E-state index contributed by atoms with van der Waals surface area (Å²) in [5, 5.41) is 6.06. The number of nitrogens with one attached hydrogen (secondary N) is 2. The van der Waals surface area contributed by atoms with Crippen molar-refractivity contribution < 1.29 is 13.9 Å². The van der Waals surface area contributed by atoms with E-state index in [1.54, 1.807) is 12.3 Å². The van der Waals surface area contributed by atoms with Crippen LogP contribution in [0.1, 0.15) is 19.3 Å². The van der Waals surface area contributed by atoms with Gasteiger partial charge in [0.1, 0.15) is 11.6 Å². The van der Waals surface area contributed by atoms with Crippen LogP contribution in [0.25, 0.3) is 0 Å². The average Bonchev–Trinajstić information content (AvgIpc) is 2.75. The van der Waals surface area contributed by atoms with Crippen molar-refractivity contribution in [2.24, 2.45) is 0 Å². The van der Waals surface area contributed by atoms with Gasteiger partial charge in [-0.05, 0) is 37.1 Å². The number of halogens is 1. The second-order valence-electron chi connectivity index (χ2n) is 5.29. The number of carbonyl (C=O) groups excluding carboxylic acids is 1. The Morgan fingerprint density at radius 3 is 2.87 bits per heavy atom. The van der Waals surface area contributed by atoms with E-state index >= 15 is 0 Å². The Labute approximate surface area is 133 Å².